The van der Waals surface area contributed by atoms with E-state index in [-0.39, 0.29) is 11.8 Å². The van der Waals surface area contributed by atoms with Crippen molar-refractivity contribution in [2.45, 2.75) is 13.3 Å². The number of morpholine rings is 1. The number of amides is 2. The van der Waals surface area contributed by atoms with Gasteiger partial charge in [0.25, 0.3) is 5.91 Å². The van der Waals surface area contributed by atoms with Crippen LogP contribution in [0.25, 0.3) is 5.57 Å². The van der Waals surface area contributed by atoms with Gasteiger partial charge in [0.2, 0.25) is 5.91 Å². The summed E-state index contributed by atoms with van der Waals surface area (Å²) < 4.78 is 5.42. The zero-order valence-corrected chi connectivity index (χ0v) is 19.6. The fourth-order valence-corrected chi connectivity index (χ4v) is 4.43. The summed E-state index contributed by atoms with van der Waals surface area (Å²) >= 11 is 0. The Kier molecular flexibility index (Phi) is 6.50. The number of hydrogen-bond acceptors (Lipinski definition) is 5. The standard InChI is InChI=1S/C28H28N4O3/c1-19(33)30-23-4-2-3-20(16-23)15-21-5-10-27-25(17-21)26(28(34)31-27)18-29-22-6-8-24(9-7-22)32-11-13-35-14-12-32/h2-10,16-18,29H,11-15H2,1H3,(H,30,33)(H,31,34)/b26-18+. The molecule has 0 saturated carbocycles. The highest BCUT2D eigenvalue weighted by atomic mass is 16.5. The van der Waals surface area contributed by atoms with Crippen molar-refractivity contribution in [1.29, 1.82) is 0 Å². The van der Waals surface area contributed by atoms with Gasteiger partial charge in [0.15, 0.2) is 0 Å². The number of carbonyl (C=O) groups excluding carboxylic acids is 2. The SMILES string of the molecule is CC(=O)Nc1cccc(Cc2ccc3c(c2)/C(=C\Nc2ccc(N4CCOCC4)cc2)C(=O)N3)c1. The molecule has 2 amide bonds. The largest absolute Gasteiger partial charge is 0.378 e. The fraction of sp³-hybridized carbons (Fsp3) is 0.214. The van der Waals surface area contributed by atoms with Crippen LogP contribution in [0.3, 0.4) is 0 Å². The average Bonchev–Trinajstić information content (AvgIpc) is 3.17. The third kappa shape index (κ3) is 5.36. The molecule has 2 heterocycles. The third-order valence-electron chi connectivity index (χ3n) is 6.15. The van der Waals surface area contributed by atoms with E-state index >= 15 is 0 Å². The van der Waals surface area contributed by atoms with Gasteiger partial charge >= 0.3 is 0 Å². The zero-order valence-electron chi connectivity index (χ0n) is 19.6. The molecule has 0 unspecified atom stereocenters. The van der Waals surface area contributed by atoms with Crippen LogP contribution in [0.5, 0.6) is 0 Å². The fourth-order valence-electron chi connectivity index (χ4n) is 4.43. The normalized spacial score (nSPS) is 16.1. The number of anilines is 4. The van der Waals surface area contributed by atoms with Gasteiger partial charge in [-0.05, 0) is 66.1 Å². The van der Waals surface area contributed by atoms with Gasteiger partial charge in [-0.15, -0.1) is 0 Å². The summed E-state index contributed by atoms with van der Waals surface area (Å²) in [5.74, 6) is -0.218. The molecule has 3 aromatic rings. The molecule has 7 nitrogen and oxygen atoms in total. The first-order valence-corrected chi connectivity index (χ1v) is 11.8. The molecule has 0 spiro atoms. The van der Waals surface area contributed by atoms with Crippen LogP contribution < -0.4 is 20.9 Å². The summed E-state index contributed by atoms with van der Waals surface area (Å²) in [6.45, 7) is 4.80. The molecule has 0 bridgehead atoms. The van der Waals surface area contributed by atoms with E-state index < -0.39 is 0 Å². The summed E-state index contributed by atoms with van der Waals surface area (Å²) in [7, 11) is 0. The highest BCUT2D eigenvalue weighted by Gasteiger charge is 2.24. The first kappa shape index (κ1) is 22.7. The summed E-state index contributed by atoms with van der Waals surface area (Å²) in [6, 6.07) is 22.0. The lowest BCUT2D eigenvalue weighted by Gasteiger charge is -2.28. The lowest BCUT2D eigenvalue weighted by atomic mass is 9.99. The van der Waals surface area contributed by atoms with E-state index in [2.05, 4.69) is 33.0 Å². The number of nitrogens with one attached hydrogen (secondary N) is 3. The first-order valence-electron chi connectivity index (χ1n) is 11.8. The van der Waals surface area contributed by atoms with Crippen molar-refractivity contribution in [3.8, 4) is 0 Å². The Morgan fingerprint density at radius 3 is 2.54 bits per heavy atom. The molecule has 0 atom stereocenters. The molecule has 3 aromatic carbocycles. The maximum absolute atomic E-state index is 12.7. The van der Waals surface area contributed by atoms with E-state index in [9.17, 15) is 9.59 Å². The van der Waals surface area contributed by atoms with E-state index in [0.29, 0.717) is 12.0 Å². The van der Waals surface area contributed by atoms with Crippen LogP contribution in [0, 0.1) is 0 Å². The van der Waals surface area contributed by atoms with Crippen molar-refractivity contribution in [3.05, 3.63) is 89.6 Å². The molecule has 1 saturated heterocycles. The lowest BCUT2D eigenvalue weighted by molar-refractivity contribution is -0.114. The van der Waals surface area contributed by atoms with Crippen molar-refractivity contribution in [2.75, 3.05) is 47.2 Å². The van der Waals surface area contributed by atoms with Crippen LogP contribution in [-0.2, 0) is 20.7 Å². The minimum absolute atomic E-state index is 0.0951. The molecule has 178 valence electrons. The van der Waals surface area contributed by atoms with E-state index in [4.69, 9.17) is 4.74 Å². The van der Waals surface area contributed by atoms with E-state index in [1.807, 2.05) is 54.6 Å². The monoisotopic (exact) mass is 468 g/mol. The molecular formula is C28H28N4O3. The predicted octanol–water partition coefficient (Wildman–Crippen LogP) is 4.48. The van der Waals surface area contributed by atoms with Gasteiger partial charge in [0, 0.05) is 54.5 Å². The van der Waals surface area contributed by atoms with Crippen molar-refractivity contribution < 1.29 is 14.3 Å². The van der Waals surface area contributed by atoms with Crippen LogP contribution in [0.4, 0.5) is 22.7 Å². The van der Waals surface area contributed by atoms with Crippen LogP contribution >= 0.6 is 0 Å². The zero-order chi connectivity index (χ0) is 24.2. The van der Waals surface area contributed by atoms with E-state index in [1.165, 1.54) is 12.6 Å². The number of benzene rings is 3. The summed E-state index contributed by atoms with van der Waals surface area (Å²) in [4.78, 5) is 26.3. The second-order valence-electron chi connectivity index (χ2n) is 8.74. The molecule has 5 rings (SSSR count). The molecule has 0 radical (unpaired) electrons. The van der Waals surface area contributed by atoms with Gasteiger partial charge in [-0.2, -0.15) is 0 Å². The minimum atomic E-state index is -0.123. The van der Waals surface area contributed by atoms with Gasteiger partial charge in [0.1, 0.15) is 0 Å². The number of ether oxygens (including phenoxy) is 1. The summed E-state index contributed by atoms with van der Waals surface area (Å²) in [5, 5.41) is 9.04. The van der Waals surface area contributed by atoms with Crippen LogP contribution in [0.2, 0.25) is 0 Å². The summed E-state index contributed by atoms with van der Waals surface area (Å²) in [5.41, 5.74) is 7.32. The molecule has 7 heteroatoms. The molecule has 35 heavy (non-hydrogen) atoms. The van der Waals surface area contributed by atoms with Gasteiger partial charge in [-0.1, -0.05) is 18.2 Å². The van der Waals surface area contributed by atoms with Gasteiger partial charge in [-0.3, -0.25) is 9.59 Å². The van der Waals surface area contributed by atoms with E-state index in [1.54, 1.807) is 6.20 Å². The topological polar surface area (TPSA) is 82.7 Å². The number of carbonyl (C=O) groups is 2. The number of nitrogens with zero attached hydrogens (tertiary/aromatic N) is 1. The average molecular weight is 469 g/mol. The Hall–Kier alpha value is -4.10. The molecule has 3 N–H and O–H groups in total. The molecule has 2 aliphatic heterocycles. The molecule has 0 aromatic heterocycles. The molecule has 2 aliphatic rings. The third-order valence-corrected chi connectivity index (χ3v) is 6.15. The Morgan fingerprint density at radius 1 is 1.00 bits per heavy atom. The van der Waals surface area contributed by atoms with E-state index in [0.717, 1.165) is 60.1 Å². The highest BCUT2D eigenvalue weighted by Crippen LogP contribution is 2.33. The number of hydrogen-bond donors (Lipinski definition) is 3. The maximum atomic E-state index is 12.7. The second-order valence-corrected chi connectivity index (χ2v) is 8.74. The van der Waals surface area contributed by atoms with Crippen LogP contribution in [-0.4, -0.2) is 38.1 Å². The molecule has 1 fully saturated rings. The van der Waals surface area contributed by atoms with Gasteiger partial charge < -0.3 is 25.6 Å². The van der Waals surface area contributed by atoms with Crippen molar-refractivity contribution >= 4 is 40.1 Å². The first-order chi connectivity index (χ1) is 17.0. The van der Waals surface area contributed by atoms with Gasteiger partial charge in [0.05, 0.1) is 18.8 Å². The maximum Gasteiger partial charge on any atom is 0.257 e. The Labute approximate surface area is 204 Å². The van der Waals surface area contributed by atoms with Crippen LogP contribution in [0.15, 0.2) is 72.9 Å². The number of rotatable bonds is 6. The Morgan fingerprint density at radius 2 is 1.77 bits per heavy atom. The summed E-state index contributed by atoms with van der Waals surface area (Å²) in [6.07, 6.45) is 2.46. The van der Waals surface area contributed by atoms with Crippen molar-refractivity contribution in [2.24, 2.45) is 0 Å². The Bertz CT molecular complexity index is 1280. The molecular weight excluding hydrogens is 440 g/mol. The van der Waals surface area contributed by atoms with Gasteiger partial charge in [-0.25, -0.2) is 0 Å². The van der Waals surface area contributed by atoms with Crippen molar-refractivity contribution in [1.82, 2.24) is 0 Å². The molecule has 0 aliphatic carbocycles. The quantitative estimate of drug-likeness (QED) is 0.465. The number of fused-ring (bicyclic) bond motifs is 1. The van der Waals surface area contributed by atoms with Crippen molar-refractivity contribution in [3.63, 3.8) is 0 Å². The highest BCUT2D eigenvalue weighted by molar-refractivity contribution is 6.31. The minimum Gasteiger partial charge on any atom is -0.378 e. The predicted molar refractivity (Wildman–Crippen MR) is 140 cm³/mol. The van der Waals surface area contributed by atoms with Crippen LogP contribution in [0.1, 0.15) is 23.6 Å². The lowest BCUT2D eigenvalue weighted by Crippen LogP contribution is -2.36. The smallest absolute Gasteiger partial charge is 0.257 e. The Balaban J connectivity index is 1.31. The second kappa shape index (κ2) is 10.0.